The van der Waals surface area contributed by atoms with Gasteiger partial charge >= 0.3 is 7.12 Å². The first-order chi connectivity index (χ1) is 16.3. The predicted octanol–water partition coefficient (Wildman–Crippen LogP) is 1.26. The van der Waals surface area contributed by atoms with E-state index in [-0.39, 0.29) is 11.3 Å². The van der Waals surface area contributed by atoms with Crippen LogP contribution >= 0.6 is 0 Å². The Morgan fingerprint density at radius 1 is 1.12 bits per heavy atom. The van der Waals surface area contributed by atoms with Crippen molar-refractivity contribution in [2.45, 2.75) is 42.6 Å². The van der Waals surface area contributed by atoms with E-state index in [0.717, 1.165) is 29.7 Å². The van der Waals surface area contributed by atoms with Crippen molar-refractivity contribution in [2.75, 3.05) is 0 Å². The van der Waals surface area contributed by atoms with E-state index in [1.807, 2.05) is 6.07 Å². The third-order valence-electron chi connectivity index (χ3n) is 5.84. The van der Waals surface area contributed by atoms with Gasteiger partial charge in [0.25, 0.3) is 0 Å². The molecule has 5 N–H and O–H groups in total. The Kier molecular flexibility index (Phi) is 7.47. The van der Waals surface area contributed by atoms with Crippen molar-refractivity contribution >= 4 is 23.0 Å². The summed E-state index contributed by atoms with van der Waals surface area (Å²) in [4.78, 5) is 20.0. The van der Waals surface area contributed by atoms with Gasteiger partial charge in [0, 0.05) is 0 Å². The number of hydrogen-bond donors (Lipinski definition) is 5. The molecule has 1 aromatic heterocycles. The maximum absolute atomic E-state index is 13.1. The first-order valence-electron chi connectivity index (χ1n) is 11.1. The van der Waals surface area contributed by atoms with E-state index in [4.69, 9.17) is 0 Å². The lowest BCUT2D eigenvalue weighted by Gasteiger charge is -2.23. The quantitative estimate of drug-likeness (QED) is 0.260. The number of nitrogens with zero attached hydrogens (tertiary/aromatic N) is 1. The summed E-state index contributed by atoms with van der Waals surface area (Å²) < 4.78 is 28.8. The van der Waals surface area contributed by atoms with Gasteiger partial charge in [0.1, 0.15) is 6.04 Å². The van der Waals surface area contributed by atoms with Gasteiger partial charge in [-0.2, -0.15) is 4.72 Å². The van der Waals surface area contributed by atoms with E-state index in [1.54, 1.807) is 42.6 Å². The lowest BCUT2D eigenvalue weighted by atomic mass is 9.76. The number of H-pyrrole nitrogens is 1. The summed E-state index contributed by atoms with van der Waals surface area (Å²) in [5, 5.41) is 22.1. The number of hydrogen-bond acceptors (Lipinski definition) is 6. The molecule has 0 saturated heterocycles. The molecule has 1 heterocycles. The number of carbonyl (C=O) groups is 1. The molecule has 0 spiro atoms. The Morgan fingerprint density at radius 3 is 2.41 bits per heavy atom. The zero-order valence-corrected chi connectivity index (χ0v) is 19.3. The lowest BCUT2D eigenvalue weighted by Crippen LogP contribution is -2.54. The molecule has 0 aliphatic heterocycles. The lowest BCUT2D eigenvalue weighted by molar-refractivity contribution is -0.123. The second-order valence-electron chi connectivity index (χ2n) is 8.56. The second kappa shape index (κ2) is 10.5. The number of amides is 1. The number of rotatable bonds is 11. The van der Waals surface area contributed by atoms with Gasteiger partial charge in [0.2, 0.25) is 15.9 Å². The van der Waals surface area contributed by atoms with E-state index in [0.29, 0.717) is 12.3 Å². The molecule has 4 rings (SSSR count). The molecule has 178 valence electrons. The van der Waals surface area contributed by atoms with Crippen LogP contribution in [-0.2, 0) is 21.2 Å². The minimum atomic E-state index is -4.04. The largest absolute Gasteiger partial charge is 0.475 e. The van der Waals surface area contributed by atoms with Gasteiger partial charge in [-0.25, -0.2) is 13.4 Å². The van der Waals surface area contributed by atoms with Crippen LogP contribution in [0.15, 0.2) is 72.0 Å². The van der Waals surface area contributed by atoms with Crippen molar-refractivity contribution < 1.29 is 23.3 Å². The molecule has 2 atom stereocenters. The highest BCUT2D eigenvalue weighted by Crippen LogP contribution is 2.33. The van der Waals surface area contributed by atoms with Gasteiger partial charge in [-0.05, 0) is 42.0 Å². The summed E-state index contributed by atoms with van der Waals surface area (Å²) in [5.74, 6) is -1.14. The standard InChI is InChI=1S/C23H27BN4O5S/c29-23(27-22(24(30)31)13-17-6-7-17)20(12-16-4-2-1-3-5-16)28-34(32,33)19-10-8-18(9-11-19)21-14-25-15-26-21/h1-5,8-11,14-15,17,20,22,28,30-31H,6-7,12-13H2,(H,25,26)(H,27,29)/t20-,22-/m0/s1. The molecular weight excluding hydrogens is 455 g/mol. The summed E-state index contributed by atoms with van der Waals surface area (Å²) in [6.45, 7) is 0. The van der Waals surface area contributed by atoms with Crippen LogP contribution in [0, 0.1) is 5.92 Å². The molecule has 1 aliphatic rings. The molecule has 11 heteroatoms. The maximum Gasteiger partial charge on any atom is 0.475 e. The van der Waals surface area contributed by atoms with Crippen LogP contribution in [0.3, 0.4) is 0 Å². The molecule has 9 nitrogen and oxygen atoms in total. The van der Waals surface area contributed by atoms with E-state index in [2.05, 4.69) is 20.0 Å². The van der Waals surface area contributed by atoms with Gasteiger partial charge in [-0.1, -0.05) is 55.3 Å². The third-order valence-corrected chi connectivity index (χ3v) is 7.33. The number of sulfonamides is 1. The Morgan fingerprint density at radius 2 is 1.82 bits per heavy atom. The topological polar surface area (TPSA) is 144 Å². The SMILES string of the molecule is O=C(N[C@@H](CC1CC1)B(O)O)[C@H](Cc1ccccc1)NS(=O)(=O)c1ccc(-c2cnc[nH]2)cc1. The molecule has 2 aromatic carbocycles. The van der Waals surface area contributed by atoms with E-state index in [1.165, 1.54) is 18.5 Å². The molecule has 0 bridgehead atoms. The number of imidazole rings is 1. The Bertz CT molecular complexity index is 1180. The van der Waals surface area contributed by atoms with Crippen LogP contribution in [0.2, 0.25) is 0 Å². The monoisotopic (exact) mass is 482 g/mol. The Labute approximate surface area is 198 Å². The fourth-order valence-electron chi connectivity index (χ4n) is 3.77. The van der Waals surface area contributed by atoms with Crippen LogP contribution in [0.1, 0.15) is 24.8 Å². The summed E-state index contributed by atoms with van der Waals surface area (Å²) in [6, 6.07) is 14.1. The van der Waals surface area contributed by atoms with Crippen LogP contribution in [-0.4, -0.2) is 53.4 Å². The van der Waals surface area contributed by atoms with Crippen molar-refractivity contribution in [2.24, 2.45) is 5.92 Å². The van der Waals surface area contributed by atoms with Crippen molar-refractivity contribution in [3.05, 3.63) is 72.7 Å². The third kappa shape index (κ3) is 6.32. The van der Waals surface area contributed by atoms with Crippen LogP contribution in [0.4, 0.5) is 0 Å². The molecule has 1 saturated carbocycles. The maximum atomic E-state index is 13.1. The molecule has 3 aromatic rings. The molecule has 34 heavy (non-hydrogen) atoms. The molecule has 0 unspecified atom stereocenters. The van der Waals surface area contributed by atoms with Gasteiger partial charge in [-0.15, -0.1) is 0 Å². The van der Waals surface area contributed by atoms with E-state index in [9.17, 15) is 23.3 Å². The minimum absolute atomic E-state index is 0.0124. The fourth-order valence-corrected chi connectivity index (χ4v) is 4.97. The normalized spacial score (nSPS) is 15.5. The van der Waals surface area contributed by atoms with Crippen molar-refractivity contribution in [1.29, 1.82) is 0 Å². The molecule has 0 radical (unpaired) electrons. The predicted molar refractivity (Wildman–Crippen MR) is 128 cm³/mol. The smallest absolute Gasteiger partial charge is 0.426 e. The number of carbonyl (C=O) groups excluding carboxylic acids is 1. The minimum Gasteiger partial charge on any atom is -0.426 e. The van der Waals surface area contributed by atoms with Crippen LogP contribution in [0.5, 0.6) is 0 Å². The zero-order chi connectivity index (χ0) is 24.1. The average Bonchev–Trinajstić information content (AvgIpc) is 3.47. The van der Waals surface area contributed by atoms with Gasteiger partial charge in [0.15, 0.2) is 0 Å². The fraction of sp³-hybridized carbons (Fsp3) is 0.304. The second-order valence-corrected chi connectivity index (χ2v) is 10.3. The number of benzene rings is 2. The van der Waals surface area contributed by atoms with Crippen molar-refractivity contribution in [3.63, 3.8) is 0 Å². The highest BCUT2D eigenvalue weighted by molar-refractivity contribution is 7.89. The number of nitrogens with one attached hydrogen (secondary N) is 3. The van der Waals surface area contributed by atoms with Crippen molar-refractivity contribution in [3.8, 4) is 11.3 Å². The van der Waals surface area contributed by atoms with Gasteiger partial charge < -0.3 is 20.3 Å². The van der Waals surface area contributed by atoms with Gasteiger partial charge in [0.05, 0.1) is 29.1 Å². The molecular formula is C23H27BN4O5S. The highest BCUT2D eigenvalue weighted by atomic mass is 32.2. The first-order valence-corrected chi connectivity index (χ1v) is 12.6. The van der Waals surface area contributed by atoms with Crippen LogP contribution in [0.25, 0.3) is 11.3 Å². The van der Waals surface area contributed by atoms with E-state index >= 15 is 0 Å². The zero-order valence-electron chi connectivity index (χ0n) is 18.5. The summed E-state index contributed by atoms with van der Waals surface area (Å²) in [5.41, 5.74) is 2.29. The molecule has 1 fully saturated rings. The number of aromatic nitrogens is 2. The first kappa shape index (κ1) is 24.1. The van der Waals surface area contributed by atoms with Gasteiger partial charge in [-0.3, -0.25) is 4.79 Å². The summed E-state index contributed by atoms with van der Waals surface area (Å²) >= 11 is 0. The highest BCUT2D eigenvalue weighted by Gasteiger charge is 2.35. The molecule has 1 amide bonds. The Balaban J connectivity index is 1.53. The molecule has 1 aliphatic carbocycles. The van der Waals surface area contributed by atoms with E-state index < -0.39 is 35.0 Å². The Hall–Kier alpha value is -2.99. The average molecular weight is 482 g/mol. The summed E-state index contributed by atoms with van der Waals surface area (Å²) in [6.07, 6.45) is 5.67. The number of aromatic amines is 1. The van der Waals surface area contributed by atoms with Crippen LogP contribution < -0.4 is 10.0 Å². The summed E-state index contributed by atoms with van der Waals surface area (Å²) in [7, 11) is -5.77. The van der Waals surface area contributed by atoms with Crippen molar-refractivity contribution in [1.82, 2.24) is 20.0 Å².